The minimum atomic E-state index is -1.04. The van der Waals surface area contributed by atoms with Crippen molar-refractivity contribution in [3.63, 3.8) is 0 Å². The molecule has 0 amide bonds. The van der Waals surface area contributed by atoms with E-state index in [0.29, 0.717) is 17.9 Å². The molecular weight excluding hydrogens is 448 g/mol. The van der Waals surface area contributed by atoms with Crippen LogP contribution in [0.4, 0.5) is 0 Å². The van der Waals surface area contributed by atoms with Gasteiger partial charge in [-0.2, -0.15) is 0 Å². The van der Waals surface area contributed by atoms with E-state index in [4.69, 9.17) is 24.1 Å². The second-order valence-electron chi connectivity index (χ2n) is 10.2. The zero-order valence-corrected chi connectivity index (χ0v) is 20.2. The van der Waals surface area contributed by atoms with Crippen LogP contribution in [0.2, 0.25) is 0 Å². The molecule has 186 valence electrons. The molecule has 4 fully saturated rings. The molecule has 2 aromatic carbocycles. The van der Waals surface area contributed by atoms with E-state index < -0.39 is 18.4 Å². The molecule has 35 heavy (non-hydrogen) atoms. The molecule has 0 aliphatic heterocycles. The Balaban J connectivity index is 1.44. The lowest BCUT2D eigenvalue weighted by atomic mass is 9.48. The first kappa shape index (κ1) is 23.8. The highest BCUT2D eigenvalue weighted by molar-refractivity contribution is 5.92. The number of carbonyl (C=O) groups is 2. The second kappa shape index (κ2) is 9.63. The average Bonchev–Trinajstić information content (AvgIpc) is 2.83. The molecule has 7 nitrogen and oxygen atoms in total. The van der Waals surface area contributed by atoms with Gasteiger partial charge in [0, 0.05) is 12.7 Å². The average molecular weight is 481 g/mol. The van der Waals surface area contributed by atoms with E-state index in [2.05, 4.69) is 0 Å². The van der Waals surface area contributed by atoms with Gasteiger partial charge in [0.2, 0.25) is 0 Å². The van der Waals surface area contributed by atoms with Gasteiger partial charge in [0.05, 0.1) is 17.7 Å². The summed E-state index contributed by atoms with van der Waals surface area (Å²) in [5.41, 5.74) is 1.66. The van der Waals surface area contributed by atoms with Gasteiger partial charge in [-0.25, -0.2) is 9.59 Å². The zero-order chi connectivity index (χ0) is 24.6. The van der Waals surface area contributed by atoms with Crippen LogP contribution in [0.5, 0.6) is 11.5 Å². The number of rotatable bonds is 9. The van der Waals surface area contributed by atoms with Crippen molar-refractivity contribution in [3.8, 4) is 11.5 Å². The highest BCUT2D eigenvalue weighted by Gasteiger charge is 2.52. The molecule has 1 N–H and O–H groups in total. The number of carboxylic acid groups (broad SMARTS) is 1. The molecule has 7 heteroatoms. The van der Waals surface area contributed by atoms with Crippen molar-refractivity contribution in [3.05, 3.63) is 59.2 Å². The van der Waals surface area contributed by atoms with Gasteiger partial charge in [0.25, 0.3) is 0 Å². The molecule has 0 radical (unpaired) electrons. The molecule has 2 aromatic rings. The summed E-state index contributed by atoms with van der Waals surface area (Å²) in [5.74, 6) is 1.58. The lowest BCUT2D eigenvalue weighted by Crippen LogP contribution is -2.48. The smallest absolute Gasteiger partial charge is 0.343 e. The minimum Gasteiger partial charge on any atom is -0.478 e. The number of hydrogen-bond acceptors (Lipinski definition) is 6. The van der Waals surface area contributed by atoms with Crippen molar-refractivity contribution in [1.82, 2.24) is 0 Å². The summed E-state index contributed by atoms with van der Waals surface area (Å²) >= 11 is 0. The molecule has 4 aliphatic rings. The summed E-state index contributed by atoms with van der Waals surface area (Å²) in [6, 6.07) is 11.3. The molecule has 0 saturated heterocycles. The zero-order valence-electron chi connectivity index (χ0n) is 20.2. The fourth-order valence-electron chi connectivity index (χ4n) is 6.85. The minimum absolute atomic E-state index is 0.0592. The Morgan fingerprint density at radius 1 is 0.971 bits per heavy atom. The third-order valence-corrected chi connectivity index (χ3v) is 7.86. The van der Waals surface area contributed by atoms with Crippen molar-refractivity contribution in [2.24, 2.45) is 17.8 Å². The first-order chi connectivity index (χ1) is 16.9. The van der Waals surface area contributed by atoms with Crippen molar-refractivity contribution >= 4 is 11.9 Å². The first-order valence-corrected chi connectivity index (χ1v) is 12.4. The van der Waals surface area contributed by atoms with E-state index in [1.807, 2.05) is 13.0 Å². The highest BCUT2D eigenvalue weighted by Crippen LogP contribution is 2.62. The number of ether oxygens (including phenoxy) is 4. The predicted octanol–water partition coefficient (Wildman–Crippen LogP) is 5.42. The van der Waals surface area contributed by atoms with Gasteiger partial charge in [0.15, 0.2) is 0 Å². The number of carbonyl (C=O) groups excluding carboxylic acids is 1. The molecule has 6 rings (SSSR count). The molecule has 0 aromatic heterocycles. The van der Waals surface area contributed by atoms with Crippen LogP contribution < -0.4 is 9.47 Å². The third-order valence-electron chi connectivity index (χ3n) is 7.86. The Hall–Kier alpha value is -2.90. The maximum atomic E-state index is 13.0. The van der Waals surface area contributed by atoms with Crippen LogP contribution in [0.1, 0.15) is 71.7 Å². The van der Waals surface area contributed by atoms with Crippen LogP contribution >= 0.6 is 0 Å². The Morgan fingerprint density at radius 3 is 2.11 bits per heavy atom. The van der Waals surface area contributed by atoms with Crippen molar-refractivity contribution < 1.29 is 33.6 Å². The predicted molar refractivity (Wildman–Crippen MR) is 128 cm³/mol. The summed E-state index contributed by atoms with van der Waals surface area (Å²) in [6.45, 7) is 1.43. The Labute approximate surface area is 205 Å². The van der Waals surface area contributed by atoms with E-state index in [0.717, 1.165) is 42.6 Å². The quantitative estimate of drug-likeness (QED) is 0.291. The van der Waals surface area contributed by atoms with Crippen molar-refractivity contribution in [2.45, 2.75) is 57.3 Å². The Kier molecular flexibility index (Phi) is 6.55. The second-order valence-corrected chi connectivity index (χ2v) is 10.2. The van der Waals surface area contributed by atoms with Crippen LogP contribution in [-0.4, -0.2) is 37.2 Å². The maximum absolute atomic E-state index is 13.0. The van der Waals surface area contributed by atoms with Gasteiger partial charge >= 0.3 is 18.4 Å². The summed E-state index contributed by atoms with van der Waals surface area (Å²) in [5, 5.41) is 9.07. The molecule has 4 saturated carbocycles. The molecule has 1 unspecified atom stereocenters. The van der Waals surface area contributed by atoms with Gasteiger partial charge in [-0.15, -0.1) is 0 Å². The van der Waals surface area contributed by atoms with Crippen LogP contribution in [0, 0.1) is 17.8 Å². The lowest BCUT2D eigenvalue weighted by Gasteiger charge is -2.57. The summed E-state index contributed by atoms with van der Waals surface area (Å²) in [4.78, 5) is 24.0. The van der Waals surface area contributed by atoms with Crippen molar-refractivity contribution in [1.29, 1.82) is 0 Å². The lowest BCUT2D eigenvalue weighted by molar-refractivity contribution is -0.231. The number of benzene rings is 2. The number of methoxy groups -OCH3 is 1. The fraction of sp³-hybridized carbons (Fsp3) is 0.500. The van der Waals surface area contributed by atoms with Crippen LogP contribution in [-0.2, 0) is 14.9 Å². The summed E-state index contributed by atoms with van der Waals surface area (Å²) in [7, 11) is 1.53. The van der Waals surface area contributed by atoms with E-state index >= 15 is 0 Å². The van der Waals surface area contributed by atoms with E-state index in [1.54, 1.807) is 12.1 Å². The number of carboxylic acids is 1. The van der Waals surface area contributed by atoms with Gasteiger partial charge < -0.3 is 24.1 Å². The fourth-order valence-corrected chi connectivity index (χ4v) is 6.85. The van der Waals surface area contributed by atoms with Crippen LogP contribution in [0.15, 0.2) is 42.5 Å². The largest absolute Gasteiger partial charge is 0.478 e. The SMILES string of the molecule is CCOC(OC)Oc1cc(C(=O)Oc2ccc(C(=O)O)cc2)ccc1C12CC3CC(CC(C3)C1)C2. The Bertz CT molecular complexity index is 1060. The van der Waals surface area contributed by atoms with Crippen LogP contribution in [0.25, 0.3) is 0 Å². The standard InChI is InChI=1S/C28H32O7/c1-3-33-27(32-2)35-24-13-21(26(31)34-22-7-4-20(5-8-22)25(29)30)6-9-23(24)28-14-17-10-18(15-28)12-19(11-17)16-28/h4-9,13,17-19,27H,3,10-12,14-16H2,1-2H3,(H,29,30). The maximum Gasteiger partial charge on any atom is 0.343 e. The number of esters is 1. The molecular formula is C28H32O7. The Morgan fingerprint density at radius 2 is 1.57 bits per heavy atom. The molecule has 0 spiro atoms. The van der Waals surface area contributed by atoms with E-state index in [9.17, 15) is 9.59 Å². The van der Waals surface area contributed by atoms with Crippen LogP contribution in [0.3, 0.4) is 0 Å². The van der Waals surface area contributed by atoms with Gasteiger partial charge in [0.1, 0.15) is 11.5 Å². The normalized spacial score (nSPS) is 27.4. The van der Waals surface area contributed by atoms with Crippen molar-refractivity contribution in [2.75, 3.05) is 13.7 Å². The van der Waals surface area contributed by atoms with Gasteiger partial charge in [-0.1, -0.05) is 6.07 Å². The molecule has 0 heterocycles. The topological polar surface area (TPSA) is 91.3 Å². The molecule has 1 atom stereocenters. The van der Waals surface area contributed by atoms with E-state index in [-0.39, 0.29) is 16.7 Å². The summed E-state index contributed by atoms with van der Waals surface area (Å²) < 4.78 is 22.7. The van der Waals surface area contributed by atoms with E-state index in [1.165, 1.54) is 50.6 Å². The summed E-state index contributed by atoms with van der Waals surface area (Å²) in [6.07, 6.45) is 7.46. The monoisotopic (exact) mass is 480 g/mol. The van der Waals surface area contributed by atoms with Gasteiger partial charge in [-0.05, 0) is 105 Å². The van der Waals surface area contributed by atoms with Gasteiger partial charge in [-0.3, -0.25) is 0 Å². The number of hydrogen-bond donors (Lipinski definition) is 1. The molecule has 4 bridgehead atoms. The first-order valence-electron chi connectivity index (χ1n) is 12.4. The number of aromatic carboxylic acids is 1. The highest BCUT2D eigenvalue weighted by atomic mass is 16.8. The molecule has 4 aliphatic carbocycles. The third kappa shape index (κ3) is 4.80.